The molecule has 0 saturated carbocycles. The van der Waals surface area contributed by atoms with E-state index in [0.717, 1.165) is 0 Å². The zero-order valence-electron chi connectivity index (χ0n) is 9.22. The minimum absolute atomic E-state index is 0. The van der Waals surface area contributed by atoms with Crippen molar-refractivity contribution >= 4 is 17.6 Å². The molecule has 0 unspecified atom stereocenters. The van der Waals surface area contributed by atoms with Crippen LogP contribution < -0.4 is 69.3 Å². The van der Waals surface area contributed by atoms with Crippen molar-refractivity contribution in [3.05, 3.63) is 15.9 Å². The summed E-state index contributed by atoms with van der Waals surface area (Å²) in [4.78, 5) is 22.9. The molecule has 2 aromatic heterocycles. The van der Waals surface area contributed by atoms with E-state index in [9.17, 15) is 25.1 Å². The molecular weight excluding hydrogens is 270 g/mol. The molecule has 0 saturated heterocycles. The van der Waals surface area contributed by atoms with Crippen molar-refractivity contribution in [2.45, 2.75) is 0 Å². The summed E-state index contributed by atoms with van der Waals surface area (Å²) in [6.07, 6.45) is 0. The number of fused-ring (bicyclic) bond motifs is 1. The molecule has 0 fully saturated rings. The van der Waals surface area contributed by atoms with Crippen molar-refractivity contribution in [3.8, 4) is 5.88 Å². The van der Waals surface area contributed by atoms with E-state index in [0.29, 0.717) is 4.52 Å². The van der Waals surface area contributed by atoms with Gasteiger partial charge in [0, 0.05) is 5.10 Å². The topological polar surface area (TPSA) is 162 Å². The largest absolute Gasteiger partial charge is 1.00 e. The van der Waals surface area contributed by atoms with E-state index in [1.807, 2.05) is 0 Å². The van der Waals surface area contributed by atoms with Gasteiger partial charge in [-0.05, 0) is 4.92 Å². The average molecular weight is 270 g/mol. The van der Waals surface area contributed by atoms with Crippen molar-refractivity contribution in [3.63, 3.8) is 0 Å². The quantitative estimate of drug-likeness (QED) is 0.293. The molecule has 2 rings (SSSR count). The van der Waals surface area contributed by atoms with Gasteiger partial charge >= 0.3 is 64.9 Å². The first-order valence-corrected chi connectivity index (χ1v) is 3.67. The second-order valence-corrected chi connectivity index (χ2v) is 2.52. The Morgan fingerprint density at radius 1 is 1.28 bits per heavy atom. The van der Waals surface area contributed by atoms with Crippen molar-refractivity contribution in [1.82, 2.24) is 24.8 Å². The number of nitro groups is 1. The van der Waals surface area contributed by atoms with Crippen molar-refractivity contribution < 1.29 is 79.0 Å². The SMILES string of the molecule is O=C([O-])c1nc2nnc([N+](=O)[O-])c([O-])n2n1.[Na+].[Na+]. The molecular formula is C5N6Na2O5. The maximum Gasteiger partial charge on any atom is 1.00 e. The molecule has 2 aromatic rings. The van der Waals surface area contributed by atoms with Gasteiger partial charge in [0.15, 0.2) is 5.82 Å². The predicted octanol–water partition coefficient (Wildman–Crippen LogP) is -9.13. The fourth-order valence-corrected chi connectivity index (χ4v) is 0.935. The molecule has 0 bridgehead atoms. The van der Waals surface area contributed by atoms with Gasteiger partial charge < -0.3 is 25.1 Å². The molecule has 0 spiro atoms. The van der Waals surface area contributed by atoms with Crippen molar-refractivity contribution in [2.75, 3.05) is 0 Å². The Labute approximate surface area is 142 Å². The van der Waals surface area contributed by atoms with Gasteiger partial charge in [-0.2, -0.15) is 9.50 Å². The van der Waals surface area contributed by atoms with Crippen LogP contribution in [-0.4, -0.2) is 35.7 Å². The van der Waals surface area contributed by atoms with Crippen LogP contribution in [0, 0.1) is 10.1 Å². The fraction of sp³-hybridized carbons (Fsp3) is 0. The van der Waals surface area contributed by atoms with Gasteiger partial charge in [0.25, 0.3) is 5.78 Å². The van der Waals surface area contributed by atoms with E-state index >= 15 is 0 Å². The normalized spacial score (nSPS) is 9.33. The molecule has 82 valence electrons. The van der Waals surface area contributed by atoms with E-state index in [1.165, 1.54) is 0 Å². The molecule has 11 nitrogen and oxygen atoms in total. The standard InChI is InChI=1S/C5H2N6O5.2Na/c12-3-2(11(15)16)7-8-5-6-1(4(13)14)9-10(3)5;;/h12H,(H,13,14);;/q;2*+1/p-2. The van der Waals surface area contributed by atoms with Crippen LogP contribution in [0.4, 0.5) is 5.82 Å². The molecule has 0 N–H and O–H groups in total. The smallest absolute Gasteiger partial charge is 0.853 e. The third-order valence-electron chi connectivity index (χ3n) is 1.56. The molecule has 0 aliphatic heterocycles. The van der Waals surface area contributed by atoms with Crippen LogP contribution in [0.2, 0.25) is 0 Å². The van der Waals surface area contributed by atoms with Crippen molar-refractivity contribution in [1.29, 1.82) is 0 Å². The van der Waals surface area contributed by atoms with Gasteiger partial charge in [0.05, 0.1) is 11.0 Å². The van der Waals surface area contributed by atoms with Crippen LogP contribution in [-0.2, 0) is 0 Å². The van der Waals surface area contributed by atoms with Gasteiger partial charge in [0.2, 0.25) is 0 Å². The van der Waals surface area contributed by atoms with Crippen LogP contribution in [0.1, 0.15) is 10.6 Å². The first kappa shape index (κ1) is 17.2. The number of carboxylic acid groups (broad SMARTS) is 1. The zero-order valence-corrected chi connectivity index (χ0v) is 13.2. The molecule has 0 atom stereocenters. The second kappa shape index (κ2) is 6.36. The molecule has 18 heavy (non-hydrogen) atoms. The number of carbonyl (C=O) groups is 1. The van der Waals surface area contributed by atoms with E-state index in [2.05, 4.69) is 20.3 Å². The summed E-state index contributed by atoms with van der Waals surface area (Å²) in [5, 5.41) is 41.3. The first-order valence-electron chi connectivity index (χ1n) is 3.67. The summed E-state index contributed by atoms with van der Waals surface area (Å²) in [6, 6.07) is 0. The van der Waals surface area contributed by atoms with Crippen LogP contribution >= 0.6 is 0 Å². The summed E-state index contributed by atoms with van der Waals surface area (Å²) < 4.78 is 0.371. The Balaban J connectivity index is 0.00000144. The number of rotatable bonds is 2. The number of aromatic carboxylic acids is 1. The number of hydrogen-bond donors (Lipinski definition) is 0. The molecule has 0 amide bonds. The van der Waals surface area contributed by atoms with E-state index < -0.39 is 34.2 Å². The number of aromatic nitrogens is 5. The van der Waals surface area contributed by atoms with E-state index in [1.54, 1.807) is 0 Å². The molecule has 13 heteroatoms. The first-order chi connectivity index (χ1) is 7.50. The van der Waals surface area contributed by atoms with Crippen molar-refractivity contribution in [2.24, 2.45) is 0 Å². The van der Waals surface area contributed by atoms with Crippen LogP contribution in [0.5, 0.6) is 5.88 Å². The van der Waals surface area contributed by atoms with Crippen LogP contribution in [0.15, 0.2) is 0 Å². The van der Waals surface area contributed by atoms with Gasteiger partial charge in [-0.25, -0.2) is 0 Å². The Kier molecular flexibility index (Phi) is 6.06. The third-order valence-corrected chi connectivity index (χ3v) is 1.56. The summed E-state index contributed by atoms with van der Waals surface area (Å²) in [7, 11) is 0. The van der Waals surface area contributed by atoms with Gasteiger partial charge in [-0.15, -0.1) is 5.10 Å². The Hall–Kier alpha value is -0.850. The second-order valence-electron chi connectivity index (χ2n) is 2.52. The van der Waals surface area contributed by atoms with Gasteiger partial charge in [0.1, 0.15) is 5.97 Å². The number of carbonyl (C=O) groups excluding carboxylic acids is 1. The molecule has 2 heterocycles. The molecule has 0 radical (unpaired) electrons. The molecule has 0 aliphatic rings. The van der Waals surface area contributed by atoms with E-state index in [-0.39, 0.29) is 59.1 Å². The third kappa shape index (κ3) is 2.93. The predicted molar refractivity (Wildman–Crippen MR) is 39.0 cm³/mol. The average Bonchev–Trinajstić information content (AvgIpc) is 2.62. The minimum atomic E-state index is -1.73. The minimum Gasteiger partial charge on any atom is -0.853 e. The maximum absolute atomic E-state index is 11.3. The maximum atomic E-state index is 11.3. The number of nitrogens with zero attached hydrogens (tertiary/aromatic N) is 6. The number of hydrogen-bond acceptors (Lipinski definition) is 9. The Bertz CT molecular complexity index is 614. The van der Waals surface area contributed by atoms with Crippen LogP contribution in [0.3, 0.4) is 0 Å². The summed E-state index contributed by atoms with van der Waals surface area (Å²) in [5.41, 5.74) is 0. The fourth-order valence-electron chi connectivity index (χ4n) is 0.935. The Morgan fingerprint density at radius 2 is 1.89 bits per heavy atom. The number of carboxylic acids is 1. The van der Waals surface area contributed by atoms with E-state index in [4.69, 9.17) is 0 Å². The van der Waals surface area contributed by atoms with Gasteiger partial charge in [-0.3, -0.25) is 0 Å². The molecule has 0 aromatic carbocycles. The summed E-state index contributed by atoms with van der Waals surface area (Å²) in [5.74, 6) is -5.26. The Morgan fingerprint density at radius 3 is 2.39 bits per heavy atom. The summed E-state index contributed by atoms with van der Waals surface area (Å²) in [6.45, 7) is 0. The van der Waals surface area contributed by atoms with Gasteiger partial charge in [-0.1, -0.05) is 0 Å². The monoisotopic (exact) mass is 270 g/mol. The molecule has 0 aliphatic carbocycles. The summed E-state index contributed by atoms with van der Waals surface area (Å²) >= 11 is 0. The van der Waals surface area contributed by atoms with Crippen LogP contribution in [0.25, 0.3) is 5.78 Å². The zero-order chi connectivity index (χ0) is 11.9.